The number of thiophene rings is 1. The van der Waals surface area contributed by atoms with E-state index >= 15 is 0 Å². The van der Waals surface area contributed by atoms with Crippen LogP contribution in [-0.4, -0.2) is 23.2 Å². The Bertz CT molecular complexity index is 704. The summed E-state index contributed by atoms with van der Waals surface area (Å²) >= 11 is -0.206. The first-order chi connectivity index (χ1) is 10.6. The van der Waals surface area contributed by atoms with E-state index in [-0.39, 0.29) is 17.1 Å². The largest absolute Gasteiger partial charge is 0.611 e. The molecule has 0 saturated carbocycles. The summed E-state index contributed by atoms with van der Waals surface area (Å²) in [7, 11) is 1.41. The highest BCUT2D eigenvalue weighted by molar-refractivity contribution is 7.93. The van der Waals surface area contributed by atoms with Gasteiger partial charge in [0.05, 0.1) is 7.11 Å². The lowest BCUT2D eigenvalue weighted by Gasteiger charge is -2.06. The van der Waals surface area contributed by atoms with Crippen LogP contribution in [0.25, 0.3) is 0 Å². The van der Waals surface area contributed by atoms with E-state index < -0.39 is 11.2 Å². The lowest BCUT2D eigenvalue weighted by Crippen LogP contribution is -2.05. The van der Waals surface area contributed by atoms with Crippen molar-refractivity contribution in [2.75, 3.05) is 12.9 Å². The Morgan fingerprint density at radius 3 is 2.64 bits per heavy atom. The minimum atomic E-state index is -1.30. The van der Waals surface area contributed by atoms with Crippen LogP contribution in [-0.2, 0) is 11.2 Å². The molecule has 0 amide bonds. The molecule has 2 aromatic rings. The van der Waals surface area contributed by atoms with Crippen molar-refractivity contribution in [3.8, 4) is 11.8 Å². The molecule has 0 N–H and O–H groups in total. The summed E-state index contributed by atoms with van der Waals surface area (Å²) in [4.78, 5) is 12.9. The summed E-state index contributed by atoms with van der Waals surface area (Å²) in [5.41, 5.74) is 0.720. The van der Waals surface area contributed by atoms with E-state index in [1.54, 1.807) is 24.3 Å². The lowest BCUT2D eigenvalue weighted by atomic mass is 10.1. The number of benzene rings is 1. The second-order valence-electron chi connectivity index (χ2n) is 4.48. The number of ether oxygens (including phenoxy) is 1. The molecule has 4 nitrogen and oxygen atoms in total. The number of nitriles is 1. The maximum atomic E-state index is 12.6. The Morgan fingerprint density at radius 2 is 2.09 bits per heavy atom. The second-order valence-corrected chi connectivity index (χ2v) is 7.27. The molecule has 2 rings (SSSR count). The summed E-state index contributed by atoms with van der Waals surface area (Å²) in [5, 5.41) is 9.34. The van der Waals surface area contributed by atoms with E-state index in [0.29, 0.717) is 20.4 Å². The second kappa shape index (κ2) is 7.45. The normalized spacial score (nSPS) is 11.7. The van der Waals surface area contributed by atoms with Crippen molar-refractivity contribution in [2.24, 2.45) is 0 Å². The molecule has 114 valence electrons. The fourth-order valence-corrected chi connectivity index (χ4v) is 4.70. The maximum absolute atomic E-state index is 12.6. The zero-order valence-corrected chi connectivity index (χ0v) is 13.9. The van der Waals surface area contributed by atoms with Gasteiger partial charge in [0.1, 0.15) is 16.7 Å². The third-order valence-electron chi connectivity index (χ3n) is 2.99. The van der Waals surface area contributed by atoms with Gasteiger partial charge in [-0.1, -0.05) is 48.6 Å². The Labute approximate surface area is 136 Å². The maximum Gasteiger partial charge on any atom is 0.229 e. The van der Waals surface area contributed by atoms with Gasteiger partial charge in [-0.25, -0.2) is 0 Å². The van der Waals surface area contributed by atoms with Crippen LogP contribution in [0.15, 0.2) is 34.5 Å². The van der Waals surface area contributed by atoms with Crippen molar-refractivity contribution < 1.29 is 14.1 Å². The van der Waals surface area contributed by atoms with Crippen LogP contribution in [0.3, 0.4) is 0 Å². The van der Waals surface area contributed by atoms with Gasteiger partial charge < -0.3 is 9.29 Å². The monoisotopic (exact) mass is 333 g/mol. The van der Waals surface area contributed by atoms with Gasteiger partial charge in [-0.2, -0.15) is 5.26 Å². The average Bonchev–Trinajstić information content (AvgIpc) is 2.93. The number of hydrogen-bond acceptors (Lipinski definition) is 5. The molecule has 0 aliphatic carbocycles. The first-order valence-corrected chi connectivity index (χ1v) is 8.86. The zero-order chi connectivity index (χ0) is 16.1. The first-order valence-electron chi connectivity index (χ1n) is 6.73. The number of ketones is 1. The molecule has 0 fully saturated rings. The zero-order valence-electron chi connectivity index (χ0n) is 12.3. The molecule has 1 aromatic heterocycles. The molecule has 6 heteroatoms. The van der Waals surface area contributed by atoms with Gasteiger partial charge in [0, 0.05) is 5.56 Å². The summed E-state index contributed by atoms with van der Waals surface area (Å²) in [6.45, 7) is 1.92. The molecule has 0 bridgehead atoms. The van der Waals surface area contributed by atoms with Crippen molar-refractivity contribution in [1.29, 1.82) is 5.26 Å². The predicted molar refractivity (Wildman–Crippen MR) is 87.0 cm³/mol. The number of hydrogen-bond donors (Lipinski definition) is 0. The quantitative estimate of drug-likeness (QED) is 0.600. The van der Waals surface area contributed by atoms with Gasteiger partial charge in [-0.3, -0.25) is 4.79 Å². The predicted octanol–water partition coefficient (Wildman–Crippen LogP) is 3.38. The van der Waals surface area contributed by atoms with Crippen molar-refractivity contribution in [1.82, 2.24) is 0 Å². The van der Waals surface area contributed by atoms with Crippen molar-refractivity contribution in [3.05, 3.63) is 46.3 Å². The van der Waals surface area contributed by atoms with Gasteiger partial charge in [-0.15, -0.1) is 0 Å². The highest BCUT2D eigenvalue weighted by Crippen LogP contribution is 2.39. The summed E-state index contributed by atoms with van der Waals surface area (Å²) < 4.78 is 17.9. The van der Waals surface area contributed by atoms with Crippen LogP contribution in [0.4, 0.5) is 0 Å². The summed E-state index contributed by atoms with van der Waals surface area (Å²) in [6.07, 6.45) is 0.736. The first kappa shape index (κ1) is 16.6. The van der Waals surface area contributed by atoms with Gasteiger partial charge >= 0.3 is 0 Å². The molecule has 1 atom stereocenters. The van der Waals surface area contributed by atoms with Gasteiger partial charge in [0.25, 0.3) is 0 Å². The Kier molecular flexibility index (Phi) is 5.61. The fraction of sp³-hybridized carbons (Fsp3) is 0.250. The molecule has 0 radical (unpaired) electrons. The van der Waals surface area contributed by atoms with Crippen molar-refractivity contribution >= 4 is 28.3 Å². The number of carbonyl (C=O) groups is 1. The molecule has 1 heterocycles. The summed E-state index contributed by atoms with van der Waals surface area (Å²) in [5.74, 6) is 0.455. The summed E-state index contributed by atoms with van der Waals surface area (Å²) in [6, 6.07) is 10.8. The van der Waals surface area contributed by atoms with E-state index in [2.05, 4.69) is 0 Å². The average molecular weight is 333 g/mol. The van der Waals surface area contributed by atoms with E-state index in [4.69, 9.17) is 4.74 Å². The third kappa shape index (κ3) is 3.17. The van der Waals surface area contributed by atoms with E-state index in [9.17, 15) is 14.6 Å². The Hall–Kier alpha value is -1.81. The minimum absolute atomic E-state index is 0.207. The SMILES string of the molecule is CCC[S+]([O-])c1sc(C(=O)c2ccccc2)c(OC)c1C#N. The number of rotatable bonds is 6. The molecule has 1 aromatic carbocycles. The molecular weight excluding hydrogens is 318 g/mol. The lowest BCUT2D eigenvalue weighted by molar-refractivity contribution is 0.104. The minimum Gasteiger partial charge on any atom is -0.611 e. The third-order valence-corrected chi connectivity index (χ3v) is 6.16. The van der Waals surface area contributed by atoms with Gasteiger partial charge in [0.15, 0.2) is 11.3 Å². The molecule has 1 unspecified atom stereocenters. The highest BCUT2D eigenvalue weighted by atomic mass is 32.2. The molecule has 0 saturated heterocycles. The number of nitrogens with zero attached hydrogens (tertiary/aromatic N) is 1. The van der Waals surface area contributed by atoms with Crippen molar-refractivity contribution in [2.45, 2.75) is 17.6 Å². The highest BCUT2D eigenvalue weighted by Gasteiger charge is 2.30. The van der Waals surface area contributed by atoms with Crippen LogP contribution in [0, 0.1) is 11.3 Å². The van der Waals surface area contributed by atoms with Crippen LogP contribution in [0.5, 0.6) is 5.75 Å². The van der Waals surface area contributed by atoms with Crippen LogP contribution >= 0.6 is 11.3 Å². The van der Waals surface area contributed by atoms with E-state index in [0.717, 1.165) is 17.8 Å². The van der Waals surface area contributed by atoms with E-state index in [1.807, 2.05) is 19.1 Å². The smallest absolute Gasteiger partial charge is 0.229 e. The van der Waals surface area contributed by atoms with Gasteiger partial charge in [0.2, 0.25) is 9.99 Å². The molecule has 22 heavy (non-hydrogen) atoms. The molecule has 0 aliphatic rings. The van der Waals surface area contributed by atoms with Gasteiger partial charge in [-0.05, 0) is 17.6 Å². The molecule has 0 aliphatic heterocycles. The number of methoxy groups -OCH3 is 1. The fourth-order valence-electron chi connectivity index (χ4n) is 2.00. The number of carbonyl (C=O) groups excluding carboxylic acids is 1. The Balaban J connectivity index is 2.53. The van der Waals surface area contributed by atoms with Crippen LogP contribution in [0.1, 0.15) is 34.1 Å². The standard InChI is InChI=1S/C16H15NO3S2/c1-3-9-22(19)16-12(10-17)14(20-2)15(21-16)13(18)11-7-5-4-6-8-11/h4-8H,3,9H2,1-2H3. The Morgan fingerprint density at radius 1 is 1.41 bits per heavy atom. The topological polar surface area (TPSA) is 73.2 Å². The van der Waals surface area contributed by atoms with Crippen molar-refractivity contribution in [3.63, 3.8) is 0 Å². The van der Waals surface area contributed by atoms with Crippen LogP contribution in [0.2, 0.25) is 0 Å². The molecular formula is C16H15NO3S2. The van der Waals surface area contributed by atoms with E-state index in [1.165, 1.54) is 7.11 Å². The van der Waals surface area contributed by atoms with Crippen LogP contribution < -0.4 is 4.74 Å². The molecule has 0 spiro atoms.